The van der Waals surface area contributed by atoms with E-state index in [1.165, 1.54) is 13.5 Å². The van der Waals surface area contributed by atoms with Crippen LogP contribution in [0.25, 0.3) is 0 Å². The van der Waals surface area contributed by atoms with Crippen LogP contribution in [0, 0.1) is 34.5 Å². The molecule has 6 heteroatoms. The Morgan fingerprint density at radius 2 is 1.76 bits per heavy atom. The number of nitriles is 1. The Morgan fingerprint density at radius 1 is 1.14 bits per heavy atom. The minimum atomic E-state index is -0.337. The summed E-state index contributed by atoms with van der Waals surface area (Å²) in [4.78, 5) is 27.2. The third-order valence-electron chi connectivity index (χ3n) is 7.90. The SMILES string of the molecule is CCC(=O)OC12CC3CC(CC(CC(=O)N4C(C#N)CC(C)[C@@H]4C)(C3)C1)C2.CN. The van der Waals surface area contributed by atoms with Gasteiger partial charge in [0.05, 0.1) is 6.07 Å². The standard InChI is InChI=1S/C22H32N2O3.CH5N/c1-4-20(26)27-22-9-16-6-17(10-22)8-21(7-16,13-22)11-19(25)24-15(3)14(2)5-18(24)12-23;1-2/h14-18H,4-11,13H2,1-3H3;2H2,1H3/t14?,15-,16?,17?,18?,21?,22?;/m0./s1. The van der Waals surface area contributed by atoms with Crippen molar-refractivity contribution in [3.63, 3.8) is 0 Å². The summed E-state index contributed by atoms with van der Waals surface area (Å²) in [6.45, 7) is 6.05. The van der Waals surface area contributed by atoms with Crippen molar-refractivity contribution in [1.29, 1.82) is 5.26 Å². The summed E-state index contributed by atoms with van der Waals surface area (Å²) in [6, 6.07) is 2.18. The van der Waals surface area contributed by atoms with Gasteiger partial charge in [0.25, 0.3) is 0 Å². The molecular formula is C23H37N3O3. The van der Waals surface area contributed by atoms with Crippen molar-refractivity contribution in [2.45, 2.75) is 96.2 Å². The summed E-state index contributed by atoms with van der Waals surface area (Å²) in [6.07, 6.45) is 7.87. The van der Waals surface area contributed by atoms with Gasteiger partial charge in [0.15, 0.2) is 0 Å². The van der Waals surface area contributed by atoms with E-state index in [0.717, 1.165) is 38.5 Å². The minimum absolute atomic E-state index is 0.0409. The number of hydrogen-bond acceptors (Lipinski definition) is 5. The van der Waals surface area contributed by atoms with Crippen molar-refractivity contribution in [1.82, 2.24) is 4.90 Å². The van der Waals surface area contributed by atoms with E-state index in [4.69, 9.17) is 4.74 Å². The second kappa shape index (κ2) is 8.26. The highest BCUT2D eigenvalue weighted by atomic mass is 16.6. The maximum Gasteiger partial charge on any atom is 0.306 e. The van der Waals surface area contributed by atoms with Crippen molar-refractivity contribution in [3.05, 3.63) is 0 Å². The summed E-state index contributed by atoms with van der Waals surface area (Å²) in [7, 11) is 1.50. The van der Waals surface area contributed by atoms with Gasteiger partial charge in [-0.25, -0.2) is 0 Å². The van der Waals surface area contributed by atoms with Crippen LogP contribution in [0.1, 0.15) is 78.6 Å². The summed E-state index contributed by atoms with van der Waals surface area (Å²) in [5, 5.41) is 9.52. The molecule has 1 amide bonds. The maximum atomic E-state index is 13.3. The van der Waals surface area contributed by atoms with Crippen molar-refractivity contribution in [3.8, 4) is 6.07 Å². The van der Waals surface area contributed by atoms with Gasteiger partial charge in [-0.1, -0.05) is 13.8 Å². The Hall–Kier alpha value is -1.61. The Labute approximate surface area is 175 Å². The monoisotopic (exact) mass is 403 g/mol. The van der Waals surface area contributed by atoms with Crippen molar-refractivity contribution in [2.75, 3.05) is 7.05 Å². The predicted octanol–water partition coefficient (Wildman–Crippen LogP) is 3.39. The smallest absolute Gasteiger partial charge is 0.306 e. The average Bonchev–Trinajstić information content (AvgIpc) is 2.95. The molecule has 0 spiro atoms. The highest BCUT2D eigenvalue weighted by molar-refractivity contribution is 5.78. The van der Waals surface area contributed by atoms with E-state index in [2.05, 4.69) is 25.7 Å². The predicted molar refractivity (Wildman–Crippen MR) is 110 cm³/mol. The summed E-state index contributed by atoms with van der Waals surface area (Å²) < 4.78 is 6.00. The summed E-state index contributed by atoms with van der Waals surface area (Å²) in [5.41, 5.74) is 4.12. The van der Waals surface area contributed by atoms with Crippen LogP contribution >= 0.6 is 0 Å². The molecule has 5 aliphatic rings. The third kappa shape index (κ3) is 4.03. The molecule has 0 aromatic heterocycles. The van der Waals surface area contributed by atoms with E-state index >= 15 is 0 Å². The summed E-state index contributed by atoms with van der Waals surface area (Å²) >= 11 is 0. The molecule has 1 saturated heterocycles. The van der Waals surface area contributed by atoms with Gasteiger partial charge < -0.3 is 15.4 Å². The number of nitrogens with two attached hydrogens (primary N) is 1. The van der Waals surface area contributed by atoms with Gasteiger partial charge in [0.2, 0.25) is 5.91 Å². The number of hydrogen-bond donors (Lipinski definition) is 1. The molecule has 4 unspecified atom stereocenters. The van der Waals surface area contributed by atoms with Crippen LogP contribution in [0.3, 0.4) is 0 Å². The van der Waals surface area contributed by atoms with Crippen LogP contribution in [0.2, 0.25) is 0 Å². The van der Waals surface area contributed by atoms with E-state index in [1.807, 2.05) is 11.8 Å². The van der Waals surface area contributed by atoms with Gasteiger partial charge in [-0.05, 0) is 82.1 Å². The highest BCUT2D eigenvalue weighted by Gasteiger charge is 2.60. The number of rotatable bonds is 4. The molecule has 5 fully saturated rings. The van der Waals surface area contributed by atoms with Gasteiger partial charge in [-0.3, -0.25) is 9.59 Å². The fourth-order valence-corrected chi connectivity index (χ4v) is 7.15. The van der Waals surface area contributed by atoms with E-state index in [-0.39, 0.29) is 35.0 Å². The Kier molecular flexibility index (Phi) is 6.29. The lowest BCUT2D eigenvalue weighted by atomic mass is 9.47. The van der Waals surface area contributed by atoms with Crippen molar-refractivity contribution < 1.29 is 14.3 Å². The van der Waals surface area contributed by atoms with Crippen molar-refractivity contribution >= 4 is 11.9 Å². The second-order valence-electron chi connectivity index (χ2n) is 10.0. The first kappa shape index (κ1) is 22.1. The zero-order valence-electron chi connectivity index (χ0n) is 18.4. The van der Waals surface area contributed by atoms with Crippen LogP contribution in [-0.2, 0) is 14.3 Å². The van der Waals surface area contributed by atoms with Crippen molar-refractivity contribution in [2.24, 2.45) is 28.9 Å². The second-order valence-corrected chi connectivity index (χ2v) is 10.0. The molecule has 162 valence electrons. The van der Waals surface area contributed by atoms with Crippen LogP contribution in [0.4, 0.5) is 0 Å². The molecule has 4 aliphatic carbocycles. The maximum absolute atomic E-state index is 13.3. The molecule has 5 rings (SSSR count). The highest BCUT2D eigenvalue weighted by Crippen LogP contribution is 2.64. The zero-order valence-corrected chi connectivity index (χ0v) is 18.4. The molecule has 29 heavy (non-hydrogen) atoms. The molecule has 0 aromatic carbocycles. The normalized spacial score (nSPS) is 42.1. The van der Waals surface area contributed by atoms with E-state index < -0.39 is 0 Å². The molecule has 2 N–H and O–H groups in total. The fourth-order valence-electron chi connectivity index (χ4n) is 7.15. The van der Waals surface area contributed by atoms with Gasteiger partial charge >= 0.3 is 5.97 Å². The first-order chi connectivity index (χ1) is 13.8. The average molecular weight is 404 g/mol. The Bertz CT molecular complexity index is 671. The molecule has 1 aliphatic heterocycles. The zero-order chi connectivity index (χ0) is 21.4. The Morgan fingerprint density at radius 3 is 2.31 bits per heavy atom. The Balaban J connectivity index is 0.00000117. The number of likely N-dealkylation sites (tertiary alicyclic amines) is 1. The van der Waals surface area contributed by atoms with Gasteiger partial charge in [-0.2, -0.15) is 5.26 Å². The van der Waals surface area contributed by atoms with Crippen LogP contribution in [-0.4, -0.2) is 41.5 Å². The largest absolute Gasteiger partial charge is 0.459 e. The van der Waals surface area contributed by atoms with E-state index in [0.29, 0.717) is 30.6 Å². The topological polar surface area (TPSA) is 96.4 Å². The number of amides is 1. The molecular weight excluding hydrogens is 366 g/mol. The molecule has 0 aromatic rings. The first-order valence-electron chi connectivity index (χ1n) is 11.3. The molecule has 4 bridgehead atoms. The lowest BCUT2D eigenvalue weighted by molar-refractivity contribution is -0.203. The lowest BCUT2D eigenvalue weighted by Gasteiger charge is -2.61. The summed E-state index contributed by atoms with van der Waals surface area (Å²) in [5.74, 6) is 1.55. The van der Waals surface area contributed by atoms with Gasteiger partial charge in [0, 0.05) is 18.9 Å². The van der Waals surface area contributed by atoms with Crippen LogP contribution in [0.15, 0.2) is 0 Å². The van der Waals surface area contributed by atoms with E-state index in [1.54, 1.807) is 0 Å². The first-order valence-corrected chi connectivity index (χ1v) is 11.3. The number of esters is 1. The van der Waals surface area contributed by atoms with Gasteiger partial charge in [-0.15, -0.1) is 0 Å². The molecule has 5 atom stereocenters. The lowest BCUT2D eigenvalue weighted by Crippen LogP contribution is -2.58. The molecule has 4 saturated carbocycles. The minimum Gasteiger partial charge on any atom is -0.459 e. The van der Waals surface area contributed by atoms with E-state index in [9.17, 15) is 14.9 Å². The molecule has 6 nitrogen and oxygen atoms in total. The molecule has 0 radical (unpaired) electrons. The number of nitrogens with zero attached hydrogens (tertiary/aromatic N) is 2. The number of carbonyl (C=O) groups excluding carboxylic acids is 2. The number of ether oxygens (including phenoxy) is 1. The molecule has 1 heterocycles. The van der Waals surface area contributed by atoms with Crippen LogP contribution in [0.5, 0.6) is 0 Å². The van der Waals surface area contributed by atoms with Crippen LogP contribution < -0.4 is 5.73 Å². The van der Waals surface area contributed by atoms with Gasteiger partial charge in [0.1, 0.15) is 11.6 Å². The quantitative estimate of drug-likeness (QED) is 0.726. The number of carbonyl (C=O) groups is 2. The third-order valence-corrected chi connectivity index (χ3v) is 7.90. The fraction of sp³-hybridized carbons (Fsp3) is 0.870.